The summed E-state index contributed by atoms with van der Waals surface area (Å²) in [5.41, 5.74) is 2.95. The van der Waals surface area contributed by atoms with E-state index in [-0.39, 0.29) is 34.4 Å². The van der Waals surface area contributed by atoms with E-state index in [1.807, 2.05) is 0 Å². The van der Waals surface area contributed by atoms with Gasteiger partial charge in [-0.1, -0.05) is 0 Å². The Morgan fingerprint density at radius 3 is 2.36 bits per heavy atom. The lowest BCUT2D eigenvalue weighted by Gasteiger charge is -2.37. The molecule has 0 fully saturated rings. The van der Waals surface area contributed by atoms with Crippen LogP contribution in [-0.4, -0.2) is 56.2 Å². The van der Waals surface area contributed by atoms with Gasteiger partial charge in [-0.15, -0.1) is 0 Å². The van der Waals surface area contributed by atoms with Gasteiger partial charge in [-0.2, -0.15) is 0 Å². The fourth-order valence-electron chi connectivity index (χ4n) is 4.57. The highest BCUT2D eigenvalue weighted by Gasteiger charge is 2.47. The molecule has 0 heterocycles. The Morgan fingerprint density at radius 1 is 1.18 bits per heavy atom. The lowest BCUT2D eigenvalue weighted by atomic mass is 9.69. The smallest absolute Gasteiger partial charge is 0.313 e. The molecular formula is C21H19N3O9. The molecule has 0 aromatic heterocycles. The molecule has 0 bridgehead atoms. The second-order valence-electron chi connectivity index (χ2n) is 8.04. The molecule has 4 rings (SSSR count). The van der Waals surface area contributed by atoms with E-state index in [2.05, 4.69) is 0 Å². The number of fused-ring (bicyclic) bond motifs is 3. The van der Waals surface area contributed by atoms with Gasteiger partial charge >= 0.3 is 5.69 Å². The van der Waals surface area contributed by atoms with Gasteiger partial charge in [-0.05, 0) is 12.5 Å². The fraction of sp³-hybridized carbons (Fsp3) is 0.238. The highest BCUT2D eigenvalue weighted by Crippen LogP contribution is 2.54. The maximum absolute atomic E-state index is 13.4. The molecule has 2 aromatic carbocycles. The van der Waals surface area contributed by atoms with E-state index in [1.54, 1.807) is 0 Å². The third kappa shape index (κ3) is 2.88. The van der Waals surface area contributed by atoms with E-state index in [0.717, 1.165) is 12.1 Å². The molecule has 33 heavy (non-hydrogen) atoms. The number of nitrogens with zero attached hydrogens (tertiary/aromatic N) is 2. The number of carbonyl (C=O) groups is 2. The predicted molar refractivity (Wildman–Crippen MR) is 113 cm³/mol. The van der Waals surface area contributed by atoms with Gasteiger partial charge in [0.25, 0.3) is 5.91 Å². The van der Waals surface area contributed by atoms with Crippen LogP contribution >= 0.6 is 0 Å². The number of amides is 1. The van der Waals surface area contributed by atoms with Crippen LogP contribution in [-0.2, 0) is 6.42 Å². The van der Waals surface area contributed by atoms with Crippen LogP contribution in [0.5, 0.6) is 17.2 Å². The van der Waals surface area contributed by atoms with Gasteiger partial charge in [0.1, 0.15) is 28.9 Å². The second kappa shape index (κ2) is 7.10. The number of ketones is 1. The van der Waals surface area contributed by atoms with Gasteiger partial charge < -0.3 is 36.2 Å². The number of phenolic OH excluding ortho intramolecular Hbond substituents is 1. The first-order chi connectivity index (χ1) is 15.4. The molecule has 0 spiro atoms. The number of rotatable bonds is 3. The Kier molecular flexibility index (Phi) is 4.71. The molecule has 0 saturated carbocycles. The summed E-state index contributed by atoms with van der Waals surface area (Å²) in [5, 5.41) is 64.7. The molecule has 2 aliphatic rings. The average molecular weight is 457 g/mol. The molecule has 172 valence electrons. The van der Waals surface area contributed by atoms with E-state index < -0.39 is 68.5 Å². The summed E-state index contributed by atoms with van der Waals surface area (Å²) in [6.07, 6.45) is -1.99. The monoisotopic (exact) mass is 457 g/mol. The summed E-state index contributed by atoms with van der Waals surface area (Å²) >= 11 is 0. The van der Waals surface area contributed by atoms with Gasteiger partial charge in [0.15, 0.2) is 5.78 Å². The minimum atomic E-state index is -1.65. The van der Waals surface area contributed by atoms with Gasteiger partial charge in [0, 0.05) is 42.4 Å². The Hall–Kier alpha value is -4.32. The van der Waals surface area contributed by atoms with Crippen LogP contribution in [0.1, 0.15) is 43.5 Å². The molecule has 0 aliphatic heterocycles. The van der Waals surface area contributed by atoms with Crippen molar-refractivity contribution in [3.05, 3.63) is 55.6 Å². The number of nitro benzene ring substituents is 1. The fourth-order valence-corrected chi connectivity index (χ4v) is 4.57. The molecule has 2 unspecified atom stereocenters. The zero-order chi connectivity index (χ0) is 24.5. The largest absolute Gasteiger partial charge is 0.507 e. The molecule has 12 heteroatoms. The van der Waals surface area contributed by atoms with Crippen LogP contribution in [0, 0.1) is 16.0 Å². The predicted octanol–water partition coefficient (Wildman–Crippen LogP) is 1.25. The SMILES string of the molecule is CN(C)c1cc([N+](=O)[O-])c(O)c2c1C(O)C1=C(O)c3cc(O)c(C(N)=O)c(O)c3CC1C2=O. The molecule has 2 atom stereocenters. The zero-order valence-electron chi connectivity index (χ0n) is 17.4. The van der Waals surface area contributed by atoms with Crippen molar-refractivity contribution in [3.8, 4) is 17.2 Å². The van der Waals surface area contributed by atoms with Crippen molar-refractivity contribution in [2.45, 2.75) is 12.5 Å². The van der Waals surface area contributed by atoms with Crippen molar-refractivity contribution in [3.63, 3.8) is 0 Å². The Morgan fingerprint density at radius 2 is 1.82 bits per heavy atom. The van der Waals surface area contributed by atoms with E-state index in [9.17, 15) is 45.2 Å². The maximum Gasteiger partial charge on any atom is 0.313 e. The van der Waals surface area contributed by atoms with E-state index in [0.29, 0.717) is 0 Å². The first-order valence-corrected chi connectivity index (χ1v) is 9.63. The number of aliphatic hydroxyl groups is 2. The number of hydrogen-bond acceptors (Lipinski definition) is 10. The molecule has 1 amide bonds. The van der Waals surface area contributed by atoms with Crippen LogP contribution in [0.3, 0.4) is 0 Å². The van der Waals surface area contributed by atoms with Crippen molar-refractivity contribution in [1.29, 1.82) is 0 Å². The van der Waals surface area contributed by atoms with E-state index in [4.69, 9.17) is 5.73 Å². The number of phenols is 3. The van der Waals surface area contributed by atoms with Gasteiger partial charge in [-0.25, -0.2) is 0 Å². The lowest BCUT2D eigenvalue weighted by Crippen LogP contribution is -2.35. The summed E-state index contributed by atoms with van der Waals surface area (Å²) in [6.45, 7) is 0. The standard InChI is InChI=1S/C21H19N3O9/c1-23(2)9-5-10(24(32)33)19(29)15-13(9)20(30)12-8(18(15)28)3-6-7(16(12)26)4-11(25)14(17(6)27)21(22)31/h4-5,8,20,25-27,29-30H,3H2,1-2H3,(H2,22,31). The Balaban J connectivity index is 2.05. The molecule has 0 saturated heterocycles. The number of anilines is 1. The van der Waals surface area contributed by atoms with Crippen LogP contribution in [0.4, 0.5) is 11.4 Å². The second-order valence-corrected chi connectivity index (χ2v) is 8.04. The summed E-state index contributed by atoms with van der Waals surface area (Å²) in [7, 11) is 3.04. The number of Topliss-reactive ketones (excluding diaryl/α,β-unsaturated/α-hetero) is 1. The van der Waals surface area contributed by atoms with Crippen LogP contribution < -0.4 is 10.6 Å². The first-order valence-electron chi connectivity index (χ1n) is 9.63. The number of nitro groups is 1. The first kappa shape index (κ1) is 21.9. The number of aliphatic hydroxyl groups excluding tert-OH is 2. The lowest BCUT2D eigenvalue weighted by molar-refractivity contribution is -0.385. The quantitative estimate of drug-likeness (QED) is 0.287. The third-order valence-electron chi connectivity index (χ3n) is 6.05. The van der Waals surface area contributed by atoms with Gasteiger partial charge in [-0.3, -0.25) is 19.7 Å². The van der Waals surface area contributed by atoms with Crippen molar-refractivity contribution >= 4 is 28.8 Å². The molecule has 0 radical (unpaired) electrons. The van der Waals surface area contributed by atoms with Crippen molar-refractivity contribution in [2.75, 3.05) is 19.0 Å². The van der Waals surface area contributed by atoms with E-state index >= 15 is 0 Å². The maximum atomic E-state index is 13.4. The van der Waals surface area contributed by atoms with Crippen LogP contribution in [0.2, 0.25) is 0 Å². The number of nitrogens with two attached hydrogens (primary N) is 1. The zero-order valence-corrected chi connectivity index (χ0v) is 17.4. The minimum Gasteiger partial charge on any atom is -0.507 e. The van der Waals surface area contributed by atoms with Crippen LogP contribution in [0.15, 0.2) is 17.7 Å². The van der Waals surface area contributed by atoms with Crippen molar-refractivity contribution < 1.29 is 40.0 Å². The van der Waals surface area contributed by atoms with E-state index in [1.165, 1.54) is 19.0 Å². The average Bonchev–Trinajstić information content (AvgIpc) is 2.71. The summed E-state index contributed by atoms with van der Waals surface area (Å²) in [5.74, 6) is -6.29. The minimum absolute atomic E-state index is 0.0784. The van der Waals surface area contributed by atoms with Gasteiger partial charge in [0.2, 0.25) is 5.75 Å². The molecule has 7 N–H and O–H groups in total. The molecular weight excluding hydrogens is 438 g/mol. The highest BCUT2D eigenvalue weighted by molar-refractivity contribution is 6.09. The van der Waals surface area contributed by atoms with Gasteiger partial charge in [0.05, 0.1) is 22.1 Å². The highest BCUT2D eigenvalue weighted by atomic mass is 16.6. The third-order valence-corrected chi connectivity index (χ3v) is 6.05. The van der Waals surface area contributed by atoms with Crippen molar-refractivity contribution in [2.24, 2.45) is 11.7 Å². The molecule has 2 aliphatic carbocycles. The number of benzene rings is 2. The number of primary amides is 1. The molecule has 12 nitrogen and oxygen atoms in total. The normalized spacial score (nSPS) is 18.9. The number of hydrogen-bond donors (Lipinski definition) is 6. The summed E-state index contributed by atoms with van der Waals surface area (Å²) < 4.78 is 0. The van der Waals surface area contributed by atoms with Crippen molar-refractivity contribution in [1.82, 2.24) is 0 Å². The summed E-state index contributed by atoms with van der Waals surface area (Å²) in [4.78, 5) is 37.1. The molecule has 2 aromatic rings. The van der Waals surface area contributed by atoms with Crippen LogP contribution in [0.25, 0.3) is 5.76 Å². The Labute approximate surface area is 185 Å². The number of aromatic hydroxyl groups is 3. The summed E-state index contributed by atoms with van der Waals surface area (Å²) in [6, 6.07) is 2.00. The topological polar surface area (TPSA) is 208 Å². The number of carbonyl (C=O) groups excluding carboxylic acids is 2. The Bertz CT molecular complexity index is 1310.